The number of aryl methyl sites for hydroxylation is 1. The molecule has 9 heteroatoms. The molecule has 4 rings (SSSR count). The number of aromatic nitrogens is 5. The summed E-state index contributed by atoms with van der Waals surface area (Å²) in [5.41, 5.74) is 4.15. The van der Waals surface area contributed by atoms with Crippen molar-refractivity contribution in [3.8, 4) is 40.4 Å². The molecule has 3 aromatic heterocycles. The van der Waals surface area contributed by atoms with E-state index in [-0.39, 0.29) is 12.5 Å². The van der Waals surface area contributed by atoms with Gasteiger partial charge in [-0.25, -0.2) is 4.98 Å². The minimum absolute atomic E-state index is 0.0606. The average Bonchev–Trinajstić information content (AvgIpc) is 3.33. The van der Waals surface area contributed by atoms with Crippen LogP contribution in [0.4, 0.5) is 5.69 Å². The van der Waals surface area contributed by atoms with Gasteiger partial charge in [0.05, 0.1) is 41.4 Å². The lowest BCUT2D eigenvalue weighted by atomic mass is 9.90. The summed E-state index contributed by atoms with van der Waals surface area (Å²) in [6.07, 6.45) is 3.33. The third-order valence-electron chi connectivity index (χ3n) is 5.13. The number of benzene rings is 1. The van der Waals surface area contributed by atoms with Gasteiger partial charge < -0.3 is 14.8 Å². The molecule has 0 radical (unpaired) electrons. The molecule has 0 unspecified atom stereocenters. The van der Waals surface area contributed by atoms with Gasteiger partial charge >= 0.3 is 0 Å². The normalized spacial score (nSPS) is 11.2. The van der Waals surface area contributed by atoms with E-state index >= 15 is 0 Å². The predicted molar refractivity (Wildman–Crippen MR) is 123 cm³/mol. The Labute approximate surface area is 191 Å². The number of nitrogens with zero attached hydrogens (tertiary/aromatic N) is 6. The molecule has 0 saturated carbocycles. The van der Waals surface area contributed by atoms with Crippen molar-refractivity contribution in [2.45, 2.75) is 26.2 Å². The van der Waals surface area contributed by atoms with Crippen LogP contribution >= 0.6 is 0 Å². The molecule has 9 nitrogen and oxygen atoms in total. The van der Waals surface area contributed by atoms with E-state index in [0.717, 1.165) is 16.8 Å². The van der Waals surface area contributed by atoms with E-state index in [9.17, 15) is 5.26 Å². The Morgan fingerprint density at radius 3 is 2.55 bits per heavy atom. The molecule has 33 heavy (non-hydrogen) atoms. The quantitative estimate of drug-likeness (QED) is 0.439. The first-order valence-corrected chi connectivity index (χ1v) is 10.4. The molecule has 0 aliphatic carbocycles. The number of hydrogen-bond donors (Lipinski definition) is 2. The zero-order valence-electron chi connectivity index (χ0n) is 18.6. The smallest absolute Gasteiger partial charge is 0.268 e. The van der Waals surface area contributed by atoms with Crippen molar-refractivity contribution in [3.63, 3.8) is 0 Å². The summed E-state index contributed by atoms with van der Waals surface area (Å²) >= 11 is 0. The minimum Gasteiger partial charge on any atom is -0.415 e. The van der Waals surface area contributed by atoms with Crippen molar-refractivity contribution >= 4 is 5.69 Å². The van der Waals surface area contributed by atoms with Crippen molar-refractivity contribution in [1.29, 1.82) is 5.26 Å². The molecular formula is C24H23N7O2. The van der Waals surface area contributed by atoms with Crippen molar-refractivity contribution in [1.82, 2.24) is 25.1 Å². The highest BCUT2D eigenvalue weighted by molar-refractivity contribution is 5.64. The highest BCUT2D eigenvalue weighted by Gasteiger charge is 2.22. The lowest BCUT2D eigenvalue weighted by Crippen LogP contribution is -2.15. The number of anilines is 1. The third kappa shape index (κ3) is 4.71. The molecule has 0 saturated heterocycles. The lowest BCUT2D eigenvalue weighted by Gasteiger charge is -2.15. The van der Waals surface area contributed by atoms with Crippen LogP contribution in [0.3, 0.4) is 0 Å². The monoisotopic (exact) mass is 441 g/mol. The summed E-state index contributed by atoms with van der Waals surface area (Å²) in [6.45, 7) is 6.01. The fourth-order valence-electron chi connectivity index (χ4n) is 3.15. The summed E-state index contributed by atoms with van der Waals surface area (Å²) < 4.78 is 5.90. The van der Waals surface area contributed by atoms with Crippen LogP contribution < -0.4 is 5.32 Å². The topological polar surface area (TPSA) is 134 Å². The average molecular weight is 441 g/mol. The molecule has 0 fully saturated rings. The maximum Gasteiger partial charge on any atom is 0.268 e. The Kier molecular flexibility index (Phi) is 6.11. The van der Waals surface area contributed by atoms with E-state index in [1.807, 2.05) is 57.2 Å². The van der Waals surface area contributed by atoms with Crippen molar-refractivity contribution in [2.75, 3.05) is 18.5 Å². The van der Waals surface area contributed by atoms with Crippen LogP contribution in [-0.2, 0) is 5.41 Å². The van der Waals surface area contributed by atoms with E-state index in [1.54, 1.807) is 12.4 Å². The summed E-state index contributed by atoms with van der Waals surface area (Å²) in [5.74, 6) is 0.637. The van der Waals surface area contributed by atoms with Gasteiger partial charge in [0.2, 0.25) is 5.89 Å². The first-order valence-electron chi connectivity index (χ1n) is 10.4. The highest BCUT2D eigenvalue weighted by atomic mass is 16.4. The number of aliphatic hydroxyl groups excluding tert-OH is 1. The molecule has 0 atom stereocenters. The number of nitrogens with one attached hydrogen (secondary N) is 1. The van der Waals surface area contributed by atoms with Gasteiger partial charge in [0.1, 0.15) is 5.69 Å². The van der Waals surface area contributed by atoms with E-state index in [0.29, 0.717) is 35.2 Å². The summed E-state index contributed by atoms with van der Waals surface area (Å²) in [5, 5.41) is 29.8. The van der Waals surface area contributed by atoms with Crippen LogP contribution in [0.5, 0.6) is 0 Å². The molecule has 1 aromatic carbocycles. The van der Waals surface area contributed by atoms with Crippen LogP contribution in [-0.4, -0.2) is 43.4 Å². The van der Waals surface area contributed by atoms with Crippen molar-refractivity contribution in [2.24, 2.45) is 0 Å². The van der Waals surface area contributed by atoms with Gasteiger partial charge in [-0.1, -0.05) is 0 Å². The first-order chi connectivity index (χ1) is 15.9. The maximum atomic E-state index is 9.43. The number of pyridine rings is 1. The second-order valence-corrected chi connectivity index (χ2v) is 8.00. The van der Waals surface area contributed by atoms with Gasteiger partial charge in [-0.3, -0.25) is 9.97 Å². The maximum absolute atomic E-state index is 9.43. The van der Waals surface area contributed by atoms with Gasteiger partial charge in [0.25, 0.3) is 5.89 Å². The molecule has 0 bridgehead atoms. The van der Waals surface area contributed by atoms with E-state index in [4.69, 9.17) is 14.5 Å². The molecule has 3 heterocycles. The Morgan fingerprint density at radius 2 is 1.82 bits per heavy atom. The molecular weight excluding hydrogens is 418 g/mol. The Bertz CT molecular complexity index is 1310. The summed E-state index contributed by atoms with van der Waals surface area (Å²) in [7, 11) is 0. The number of aliphatic hydroxyl groups is 1. The fourth-order valence-corrected chi connectivity index (χ4v) is 3.15. The van der Waals surface area contributed by atoms with Gasteiger partial charge in [-0.15, -0.1) is 10.2 Å². The van der Waals surface area contributed by atoms with Crippen LogP contribution in [0.15, 0.2) is 53.2 Å². The van der Waals surface area contributed by atoms with Gasteiger partial charge in [0.15, 0.2) is 0 Å². The Morgan fingerprint density at radius 1 is 1.06 bits per heavy atom. The summed E-state index contributed by atoms with van der Waals surface area (Å²) in [4.78, 5) is 13.5. The fraction of sp³-hybridized carbons (Fsp3) is 0.250. The van der Waals surface area contributed by atoms with Crippen molar-refractivity contribution in [3.05, 3.63) is 60.2 Å². The third-order valence-corrected chi connectivity index (χ3v) is 5.13. The van der Waals surface area contributed by atoms with E-state index in [1.165, 1.54) is 0 Å². The van der Waals surface area contributed by atoms with Crippen molar-refractivity contribution < 1.29 is 9.52 Å². The molecule has 2 N–H and O–H groups in total. The lowest BCUT2D eigenvalue weighted by molar-refractivity contribution is 0.311. The molecule has 0 amide bonds. The van der Waals surface area contributed by atoms with Crippen LogP contribution in [0.2, 0.25) is 0 Å². The highest BCUT2D eigenvalue weighted by Crippen LogP contribution is 2.29. The molecule has 4 aromatic rings. The standard InChI is InChI=1S/C24H23N7O2/c1-15-21(23-31-30-22(33-23)16-4-6-18(7-5-16)26-10-11-32)29-19(13-28-15)17-8-9-27-20(12-17)24(2,3)14-25/h4-9,12-13,26,32H,10-11H2,1-3H3. The summed E-state index contributed by atoms with van der Waals surface area (Å²) in [6, 6.07) is 13.4. The number of hydrogen-bond acceptors (Lipinski definition) is 9. The second-order valence-electron chi connectivity index (χ2n) is 8.00. The molecule has 0 spiro atoms. The first kappa shape index (κ1) is 22.0. The number of rotatable bonds is 7. The van der Waals surface area contributed by atoms with Gasteiger partial charge in [0, 0.05) is 29.6 Å². The molecule has 0 aliphatic heterocycles. The van der Waals surface area contributed by atoms with Gasteiger partial charge in [-0.05, 0) is 57.2 Å². The second kappa shape index (κ2) is 9.14. The van der Waals surface area contributed by atoms with E-state index < -0.39 is 5.41 Å². The van der Waals surface area contributed by atoms with Gasteiger partial charge in [-0.2, -0.15) is 5.26 Å². The Hall–Kier alpha value is -4.16. The van der Waals surface area contributed by atoms with E-state index in [2.05, 4.69) is 31.6 Å². The minimum atomic E-state index is -0.721. The number of nitriles is 1. The predicted octanol–water partition coefficient (Wildman–Crippen LogP) is 3.77. The Balaban J connectivity index is 1.64. The van der Waals surface area contributed by atoms with Crippen LogP contribution in [0.1, 0.15) is 25.2 Å². The van der Waals surface area contributed by atoms with Crippen LogP contribution in [0, 0.1) is 18.3 Å². The zero-order valence-corrected chi connectivity index (χ0v) is 18.6. The van der Waals surface area contributed by atoms with Crippen LogP contribution in [0.25, 0.3) is 34.3 Å². The molecule has 0 aliphatic rings. The largest absolute Gasteiger partial charge is 0.415 e. The zero-order chi connectivity index (χ0) is 23.4. The molecule has 166 valence electrons. The SMILES string of the molecule is Cc1ncc(-c2ccnc(C(C)(C)C#N)c2)nc1-c1nnc(-c2ccc(NCCO)cc2)o1.